The molecule has 14 heavy (non-hydrogen) atoms. The summed E-state index contributed by atoms with van der Waals surface area (Å²) in [4.78, 5) is 8.77. The van der Waals surface area contributed by atoms with Gasteiger partial charge in [-0.1, -0.05) is 6.07 Å². The Bertz CT molecular complexity index is 389. The van der Waals surface area contributed by atoms with Crippen LogP contribution in [0.15, 0.2) is 23.7 Å². The van der Waals surface area contributed by atoms with Crippen LogP contribution in [0.4, 0.5) is 0 Å². The van der Waals surface area contributed by atoms with E-state index < -0.39 is 0 Å². The van der Waals surface area contributed by atoms with E-state index in [0.29, 0.717) is 0 Å². The number of H-pyrrole nitrogens is 1. The van der Waals surface area contributed by atoms with Crippen LogP contribution in [0, 0.1) is 0 Å². The fraction of sp³-hybridized carbons (Fsp3) is 0.300. The first kappa shape index (κ1) is 9.43. The van der Waals surface area contributed by atoms with E-state index in [2.05, 4.69) is 21.4 Å². The third-order valence-electron chi connectivity index (χ3n) is 1.93. The lowest BCUT2D eigenvalue weighted by atomic mass is 10.2. The monoisotopic (exact) mass is 207 g/mol. The molecule has 4 heteroatoms. The lowest BCUT2D eigenvalue weighted by Gasteiger charge is -1.99. The quantitative estimate of drug-likeness (QED) is 0.809. The molecule has 0 aliphatic carbocycles. The maximum absolute atomic E-state index is 5.69. The highest BCUT2D eigenvalue weighted by molar-refractivity contribution is 7.13. The molecular weight excluding hydrogens is 194 g/mol. The van der Waals surface area contributed by atoms with E-state index in [9.17, 15) is 0 Å². The zero-order valence-corrected chi connectivity index (χ0v) is 8.84. The largest absolute Gasteiger partial charge is 0.341 e. The summed E-state index contributed by atoms with van der Waals surface area (Å²) in [5, 5.41) is 2.06. The average Bonchev–Trinajstić information content (AvgIpc) is 2.69. The predicted octanol–water partition coefficient (Wildman–Crippen LogP) is 2.03. The normalized spacial score (nSPS) is 13.0. The van der Waals surface area contributed by atoms with Crippen molar-refractivity contribution in [2.75, 3.05) is 0 Å². The highest BCUT2D eigenvalue weighted by Gasteiger charge is 2.05. The number of aromatic nitrogens is 2. The van der Waals surface area contributed by atoms with Gasteiger partial charge in [0.2, 0.25) is 0 Å². The van der Waals surface area contributed by atoms with Gasteiger partial charge >= 0.3 is 0 Å². The van der Waals surface area contributed by atoms with Crippen molar-refractivity contribution in [1.29, 1.82) is 0 Å². The van der Waals surface area contributed by atoms with Crippen LogP contribution in [0.25, 0.3) is 10.6 Å². The van der Waals surface area contributed by atoms with Crippen LogP contribution in [-0.2, 0) is 6.42 Å². The van der Waals surface area contributed by atoms with Gasteiger partial charge in [0.05, 0.1) is 16.8 Å². The third kappa shape index (κ3) is 2.02. The Morgan fingerprint density at radius 2 is 2.50 bits per heavy atom. The van der Waals surface area contributed by atoms with Gasteiger partial charge in [-0.25, -0.2) is 4.98 Å². The molecule has 3 nitrogen and oxygen atoms in total. The Morgan fingerprint density at radius 3 is 3.14 bits per heavy atom. The molecule has 0 saturated carbocycles. The van der Waals surface area contributed by atoms with E-state index in [4.69, 9.17) is 5.73 Å². The standard InChI is InChI=1S/C10H13N3S/c1-7(11)5-10-12-6-8(13-10)9-3-2-4-14-9/h2-4,6-7H,5,11H2,1H3,(H,12,13). The summed E-state index contributed by atoms with van der Waals surface area (Å²) in [5.41, 5.74) is 6.77. The molecule has 2 aromatic heterocycles. The maximum Gasteiger partial charge on any atom is 0.108 e. The molecule has 0 aliphatic rings. The number of thiophene rings is 1. The molecule has 0 aromatic carbocycles. The Kier molecular flexibility index (Phi) is 2.65. The Balaban J connectivity index is 2.18. The van der Waals surface area contributed by atoms with Crippen molar-refractivity contribution in [3.05, 3.63) is 29.5 Å². The van der Waals surface area contributed by atoms with Crippen LogP contribution in [-0.4, -0.2) is 16.0 Å². The van der Waals surface area contributed by atoms with Crippen LogP contribution in [0.2, 0.25) is 0 Å². The Morgan fingerprint density at radius 1 is 1.64 bits per heavy atom. The topological polar surface area (TPSA) is 54.7 Å². The summed E-state index contributed by atoms with van der Waals surface area (Å²) in [6.45, 7) is 1.98. The number of imidazole rings is 1. The smallest absolute Gasteiger partial charge is 0.108 e. The molecule has 0 aliphatic heterocycles. The number of nitrogens with two attached hydrogens (primary N) is 1. The predicted molar refractivity (Wildman–Crippen MR) is 59.3 cm³/mol. The molecular formula is C10H13N3S. The first-order chi connectivity index (χ1) is 6.75. The highest BCUT2D eigenvalue weighted by Crippen LogP contribution is 2.22. The lowest BCUT2D eigenvalue weighted by Crippen LogP contribution is -2.18. The van der Waals surface area contributed by atoms with Crippen LogP contribution in [0.1, 0.15) is 12.7 Å². The molecule has 0 spiro atoms. The summed E-state index contributed by atoms with van der Waals surface area (Å²) < 4.78 is 0. The first-order valence-corrected chi connectivity index (χ1v) is 5.47. The zero-order valence-electron chi connectivity index (χ0n) is 8.03. The zero-order chi connectivity index (χ0) is 9.97. The van der Waals surface area contributed by atoms with E-state index in [-0.39, 0.29) is 6.04 Å². The molecule has 1 unspecified atom stereocenters. The minimum Gasteiger partial charge on any atom is -0.341 e. The van der Waals surface area contributed by atoms with Crippen LogP contribution >= 0.6 is 11.3 Å². The average molecular weight is 207 g/mol. The van der Waals surface area contributed by atoms with Crippen molar-refractivity contribution in [1.82, 2.24) is 9.97 Å². The van der Waals surface area contributed by atoms with Gasteiger partial charge in [0, 0.05) is 12.5 Å². The summed E-state index contributed by atoms with van der Waals surface area (Å²) in [6.07, 6.45) is 2.66. The van der Waals surface area contributed by atoms with Gasteiger partial charge in [0.25, 0.3) is 0 Å². The Hall–Kier alpha value is -1.13. The number of hydrogen-bond donors (Lipinski definition) is 2. The molecule has 0 bridgehead atoms. The molecule has 1 atom stereocenters. The summed E-state index contributed by atoms with van der Waals surface area (Å²) in [6, 6.07) is 4.26. The Labute approximate surface area is 87.0 Å². The van der Waals surface area contributed by atoms with E-state index >= 15 is 0 Å². The van der Waals surface area contributed by atoms with E-state index in [1.807, 2.05) is 19.2 Å². The van der Waals surface area contributed by atoms with Crippen molar-refractivity contribution in [3.8, 4) is 10.6 Å². The van der Waals surface area contributed by atoms with Crippen molar-refractivity contribution in [2.45, 2.75) is 19.4 Å². The first-order valence-electron chi connectivity index (χ1n) is 4.59. The molecule has 74 valence electrons. The molecule has 0 fully saturated rings. The van der Waals surface area contributed by atoms with Crippen molar-refractivity contribution >= 4 is 11.3 Å². The van der Waals surface area contributed by atoms with Crippen molar-refractivity contribution in [3.63, 3.8) is 0 Å². The number of rotatable bonds is 3. The van der Waals surface area contributed by atoms with Gasteiger partial charge in [-0.15, -0.1) is 11.3 Å². The molecule has 0 saturated heterocycles. The van der Waals surface area contributed by atoms with Gasteiger partial charge < -0.3 is 10.7 Å². The number of nitrogens with one attached hydrogen (secondary N) is 1. The molecule has 3 N–H and O–H groups in total. The summed E-state index contributed by atoms with van der Waals surface area (Å²) >= 11 is 1.71. The minimum atomic E-state index is 0.150. The lowest BCUT2D eigenvalue weighted by molar-refractivity contribution is 0.710. The molecule has 2 aromatic rings. The van der Waals surface area contributed by atoms with Crippen molar-refractivity contribution in [2.24, 2.45) is 5.73 Å². The minimum absolute atomic E-state index is 0.150. The fourth-order valence-corrected chi connectivity index (χ4v) is 2.02. The van der Waals surface area contributed by atoms with Gasteiger partial charge in [-0.05, 0) is 18.4 Å². The second-order valence-electron chi connectivity index (χ2n) is 3.40. The molecule has 0 amide bonds. The second-order valence-corrected chi connectivity index (χ2v) is 4.35. The number of hydrogen-bond acceptors (Lipinski definition) is 3. The number of nitrogens with zero attached hydrogens (tertiary/aromatic N) is 1. The third-order valence-corrected chi connectivity index (χ3v) is 2.83. The van der Waals surface area contributed by atoms with Gasteiger partial charge in [-0.3, -0.25) is 0 Å². The van der Waals surface area contributed by atoms with Gasteiger partial charge in [0.1, 0.15) is 5.82 Å². The maximum atomic E-state index is 5.69. The summed E-state index contributed by atoms with van der Waals surface area (Å²) in [5.74, 6) is 0.961. The fourth-order valence-electron chi connectivity index (χ4n) is 1.33. The van der Waals surface area contributed by atoms with E-state index in [0.717, 1.165) is 17.9 Å². The SMILES string of the molecule is CC(N)Cc1ncc(-c2cccs2)[nH]1. The molecule has 0 radical (unpaired) electrons. The molecule has 2 heterocycles. The molecule has 2 rings (SSSR count). The van der Waals surface area contributed by atoms with Crippen LogP contribution in [0.3, 0.4) is 0 Å². The second kappa shape index (κ2) is 3.94. The van der Waals surface area contributed by atoms with E-state index in [1.165, 1.54) is 4.88 Å². The summed E-state index contributed by atoms with van der Waals surface area (Å²) in [7, 11) is 0. The number of aromatic amines is 1. The van der Waals surface area contributed by atoms with Gasteiger partial charge in [0.15, 0.2) is 0 Å². The van der Waals surface area contributed by atoms with Crippen LogP contribution in [0.5, 0.6) is 0 Å². The van der Waals surface area contributed by atoms with Crippen LogP contribution < -0.4 is 5.73 Å². The van der Waals surface area contributed by atoms with Gasteiger partial charge in [-0.2, -0.15) is 0 Å². The van der Waals surface area contributed by atoms with Crippen molar-refractivity contribution < 1.29 is 0 Å². The van der Waals surface area contributed by atoms with E-state index in [1.54, 1.807) is 11.3 Å². The highest BCUT2D eigenvalue weighted by atomic mass is 32.1.